The monoisotopic (exact) mass is 758 g/mol. The minimum atomic E-state index is -1.06. The zero-order valence-electron chi connectivity index (χ0n) is 32.1. The maximum Gasteiger partial charge on any atom is 0.417 e. The Hall–Kier alpha value is -4.85. The van der Waals surface area contributed by atoms with Crippen LogP contribution in [0.25, 0.3) is 11.1 Å². The Morgan fingerprint density at radius 2 is 1.58 bits per heavy atom. The number of esters is 1. The van der Waals surface area contributed by atoms with Gasteiger partial charge in [-0.1, -0.05) is 31.2 Å². The summed E-state index contributed by atoms with van der Waals surface area (Å²) in [6.07, 6.45) is 5.10. The average Bonchev–Trinajstić information content (AvgIpc) is 3.49. The molecule has 2 aromatic carbocycles. The molecule has 4 aliphatic rings. The molecule has 0 radical (unpaired) electrons. The van der Waals surface area contributed by atoms with Gasteiger partial charge in [0.15, 0.2) is 11.7 Å². The minimum Gasteiger partial charge on any atom is -0.465 e. The van der Waals surface area contributed by atoms with Crippen molar-refractivity contribution in [2.75, 3.05) is 64.3 Å². The smallest absolute Gasteiger partial charge is 0.417 e. The van der Waals surface area contributed by atoms with Gasteiger partial charge in [-0.3, -0.25) is 19.5 Å². The van der Waals surface area contributed by atoms with E-state index in [-0.39, 0.29) is 30.4 Å². The Balaban J connectivity index is 0.964. The number of fused-ring (bicyclic) bond motifs is 2. The van der Waals surface area contributed by atoms with E-state index in [2.05, 4.69) is 15.2 Å². The number of benzene rings is 2. The molecule has 0 bridgehead atoms. The lowest BCUT2D eigenvalue weighted by Gasteiger charge is -2.41. The van der Waals surface area contributed by atoms with E-state index in [1.807, 2.05) is 54.0 Å². The minimum absolute atomic E-state index is 0.0164. The first kappa shape index (κ1) is 38.4. The molecule has 0 saturated carbocycles. The van der Waals surface area contributed by atoms with Gasteiger partial charge < -0.3 is 33.9 Å². The van der Waals surface area contributed by atoms with Gasteiger partial charge in [-0.2, -0.15) is 0 Å². The normalized spacial score (nSPS) is 19.8. The molecular formula is C41H54N6O8. The lowest BCUT2D eigenvalue weighted by Crippen LogP contribution is -2.52. The van der Waals surface area contributed by atoms with E-state index in [1.165, 1.54) is 0 Å². The number of oxazole rings is 1. The van der Waals surface area contributed by atoms with Crippen LogP contribution in [0.3, 0.4) is 0 Å². The Bertz CT molecular complexity index is 1900. The zero-order chi connectivity index (χ0) is 38.5. The van der Waals surface area contributed by atoms with E-state index >= 15 is 0 Å². The first-order valence-electron chi connectivity index (χ1n) is 20.0. The molecule has 1 aromatic heterocycles. The van der Waals surface area contributed by atoms with Gasteiger partial charge in [-0.15, -0.1) is 0 Å². The van der Waals surface area contributed by atoms with Crippen molar-refractivity contribution in [3.05, 3.63) is 63.6 Å². The number of piperidine rings is 3. The maximum atomic E-state index is 14.2. The molecule has 0 aliphatic carbocycles. The van der Waals surface area contributed by atoms with E-state index in [1.54, 1.807) is 11.0 Å². The molecule has 0 unspecified atom stereocenters. The number of amides is 4. The Labute approximate surface area is 321 Å². The molecule has 55 heavy (non-hydrogen) atoms. The lowest BCUT2D eigenvalue weighted by atomic mass is 9.78. The van der Waals surface area contributed by atoms with Crippen molar-refractivity contribution < 1.29 is 33.1 Å². The molecule has 4 amide bonds. The highest BCUT2D eigenvalue weighted by molar-refractivity contribution is 5.91. The molecule has 296 valence electrons. The fraction of sp³-hybridized carbons (Fsp3) is 0.585. The van der Waals surface area contributed by atoms with Gasteiger partial charge in [-0.25, -0.2) is 14.4 Å². The first-order chi connectivity index (χ1) is 26.6. The second kappa shape index (κ2) is 17.3. The summed E-state index contributed by atoms with van der Waals surface area (Å²) in [5.41, 5.74) is 4.46. The van der Waals surface area contributed by atoms with Crippen LogP contribution in [0.5, 0.6) is 0 Å². The highest BCUT2D eigenvalue weighted by Crippen LogP contribution is 2.33. The summed E-state index contributed by atoms with van der Waals surface area (Å²) >= 11 is 0. The van der Waals surface area contributed by atoms with Crippen LogP contribution in [-0.2, 0) is 31.9 Å². The number of urea groups is 1. The van der Waals surface area contributed by atoms with Crippen molar-refractivity contribution in [2.45, 2.75) is 83.8 Å². The third-order valence-corrected chi connectivity index (χ3v) is 12.0. The van der Waals surface area contributed by atoms with Crippen LogP contribution < -0.4 is 11.1 Å². The Morgan fingerprint density at radius 3 is 2.31 bits per heavy atom. The van der Waals surface area contributed by atoms with Crippen LogP contribution in [0.1, 0.15) is 68.6 Å². The summed E-state index contributed by atoms with van der Waals surface area (Å²) in [6, 6.07) is 11.3. The van der Waals surface area contributed by atoms with Crippen molar-refractivity contribution in [2.24, 2.45) is 11.8 Å². The fourth-order valence-electron chi connectivity index (χ4n) is 8.92. The third-order valence-electron chi connectivity index (χ3n) is 12.0. The van der Waals surface area contributed by atoms with Crippen LogP contribution in [-0.4, -0.2) is 120 Å². The van der Waals surface area contributed by atoms with Crippen LogP contribution in [0.4, 0.5) is 15.3 Å². The lowest BCUT2D eigenvalue weighted by molar-refractivity contribution is -0.145. The predicted molar refractivity (Wildman–Crippen MR) is 206 cm³/mol. The van der Waals surface area contributed by atoms with Crippen molar-refractivity contribution >= 4 is 40.8 Å². The number of anilines is 1. The Morgan fingerprint density at radius 1 is 0.891 bits per heavy atom. The highest BCUT2D eigenvalue weighted by Gasteiger charge is 2.37. The molecule has 0 spiro atoms. The fourth-order valence-corrected chi connectivity index (χ4v) is 8.92. The van der Waals surface area contributed by atoms with Gasteiger partial charge in [-0.05, 0) is 112 Å². The van der Waals surface area contributed by atoms with Gasteiger partial charge in [0.25, 0.3) is 5.91 Å². The quantitative estimate of drug-likeness (QED) is 0.274. The number of likely N-dealkylation sites (tertiary alicyclic amines) is 3. The second-order valence-corrected chi connectivity index (χ2v) is 15.6. The molecular weight excluding hydrogens is 704 g/mol. The molecule has 14 nitrogen and oxygen atoms in total. The van der Waals surface area contributed by atoms with E-state index in [0.717, 1.165) is 74.0 Å². The number of aromatic nitrogens is 1. The van der Waals surface area contributed by atoms with Crippen molar-refractivity contribution in [1.29, 1.82) is 0 Å². The number of hydrogen-bond donors (Lipinski definition) is 2. The number of ether oxygens (including phenoxy) is 2. The van der Waals surface area contributed by atoms with Crippen molar-refractivity contribution in [3.8, 4) is 0 Å². The Kier molecular flexibility index (Phi) is 12.1. The van der Waals surface area contributed by atoms with Crippen LogP contribution in [0, 0.1) is 18.8 Å². The number of hydrogen-bond acceptors (Lipinski definition) is 9. The molecule has 3 saturated heterocycles. The van der Waals surface area contributed by atoms with Crippen molar-refractivity contribution in [1.82, 2.24) is 24.6 Å². The molecule has 3 aromatic rings. The van der Waals surface area contributed by atoms with E-state index in [0.29, 0.717) is 81.7 Å². The molecule has 5 heterocycles. The average molecular weight is 759 g/mol. The summed E-state index contributed by atoms with van der Waals surface area (Å²) in [5, 5.41) is 3.04. The highest BCUT2D eigenvalue weighted by atomic mass is 16.6. The molecule has 3 fully saturated rings. The molecule has 14 heteroatoms. The second-order valence-electron chi connectivity index (χ2n) is 15.6. The first-order valence-corrected chi connectivity index (χ1v) is 20.0. The zero-order valence-corrected chi connectivity index (χ0v) is 32.1. The van der Waals surface area contributed by atoms with E-state index in [9.17, 15) is 24.0 Å². The van der Waals surface area contributed by atoms with E-state index < -0.39 is 18.0 Å². The maximum absolute atomic E-state index is 14.2. The molecule has 4 aliphatic heterocycles. The van der Waals surface area contributed by atoms with E-state index in [4.69, 9.17) is 13.9 Å². The van der Waals surface area contributed by atoms with Crippen LogP contribution >= 0.6 is 0 Å². The van der Waals surface area contributed by atoms with Gasteiger partial charge in [0.05, 0.1) is 18.7 Å². The number of nitrogens with zero attached hydrogens (tertiary/aromatic N) is 4. The molecule has 1 atom stereocenters. The number of rotatable bonds is 10. The summed E-state index contributed by atoms with van der Waals surface area (Å²) in [5.74, 6) is 0.0906. The number of nitrogens with one attached hydrogen (secondary N) is 2. The number of carbonyl (C=O) groups is 4. The van der Waals surface area contributed by atoms with Gasteiger partial charge >= 0.3 is 23.8 Å². The molecule has 7 rings (SSSR count). The summed E-state index contributed by atoms with van der Waals surface area (Å²) in [6.45, 7) is 8.96. The largest absolute Gasteiger partial charge is 0.465 e. The van der Waals surface area contributed by atoms with Crippen LogP contribution in [0.2, 0.25) is 0 Å². The van der Waals surface area contributed by atoms with Gasteiger partial charge in [0.1, 0.15) is 0 Å². The number of carbonyl (C=O) groups excluding carboxylic acids is 4. The third kappa shape index (κ3) is 9.17. The van der Waals surface area contributed by atoms with Crippen LogP contribution in [0.15, 0.2) is 45.6 Å². The standard InChI is InChI=1S/C41H54N6O8/c1-3-22-53-36(48)26-44-15-8-29(9-16-44)30-10-17-45(18-11-30)38(49)35(25-28-23-27(2)37-34(24-28)54-40(51)43-37)55-41(52)46-19-13-32(14-20-46)47-21-12-31-6-4-5-7-33(31)42-39(47)50/h4-7,23-24,29-30,32,35H,3,8-22,25-26H2,1-2H3,(H,42,50)(H,43,51)/t35-/m1/s1. The number of para-hydroxylation sites is 1. The van der Waals surface area contributed by atoms with Gasteiger partial charge in [0, 0.05) is 50.9 Å². The molecule has 2 N–H and O–H groups in total. The van der Waals surface area contributed by atoms with Crippen molar-refractivity contribution in [3.63, 3.8) is 0 Å². The number of H-pyrrole nitrogens is 1. The summed E-state index contributed by atoms with van der Waals surface area (Å²) < 4.78 is 16.7. The topological polar surface area (TPSA) is 158 Å². The SMILES string of the molecule is CCCOC(=O)CN1CCC(C2CCN(C(=O)[C@@H](Cc3cc(C)c4[nH]c(=O)oc4c3)OC(=O)N3CCC(N4CCc5ccccc5NC4=O)CC3)CC2)CC1. The number of aryl methyl sites for hydroxylation is 1. The number of aromatic amines is 1. The summed E-state index contributed by atoms with van der Waals surface area (Å²) in [7, 11) is 0. The predicted octanol–water partition coefficient (Wildman–Crippen LogP) is 4.94. The van der Waals surface area contributed by atoms with Gasteiger partial charge in [0.2, 0.25) is 0 Å². The summed E-state index contributed by atoms with van der Waals surface area (Å²) in [4.78, 5) is 75.5.